The number of hydrogen-bond acceptors (Lipinski definition) is 3. The molecule has 2 N–H and O–H groups in total. The minimum absolute atomic E-state index is 0.364. The molecule has 1 atom stereocenters. The molecule has 0 aliphatic heterocycles. The number of aryl methyl sites for hydroxylation is 1. The summed E-state index contributed by atoms with van der Waals surface area (Å²) in [6, 6.07) is 3.91. The van der Waals surface area contributed by atoms with Gasteiger partial charge >= 0.3 is 0 Å². The Labute approximate surface area is 120 Å². The van der Waals surface area contributed by atoms with Crippen LogP contribution in [-0.4, -0.2) is 15.0 Å². The van der Waals surface area contributed by atoms with Crippen LogP contribution in [0.2, 0.25) is 0 Å². The SMILES string of the molecule is CC(=N[S+]([O-])C(C)(C)C)c1cc(C)cc(Br)c1N. The van der Waals surface area contributed by atoms with Crippen molar-refractivity contribution in [1.82, 2.24) is 0 Å². The first kappa shape index (κ1) is 15.5. The molecule has 0 saturated carbocycles. The number of rotatable bonds is 2. The lowest BCUT2D eigenvalue weighted by Crippen LogP contribution is -2.26. The van der Waals surface area contributed by atoms with Crippen molar-refractivity contribution in [1.29, 1.82) is 0 Å². The molecular formula is C13H19BrN2OS. The molecule has 0 bridgehead atoms. The molecule has 0 spiro atoms. The predicted octanol–water partition coefficient (Wildman–Crippen LogP) is 3.61. The van der Waals surface area contributed by atoms with E-state index in [9.17, 15) is 4.55 Å². The van der Waals surface area contributed by atoms with Crippen LogP contribution in [0.25, 0.3) is 0 Å². The molecular weight excluding hydrogens is 312 g/mol. The summed E-state index contributed by atoms with van der Waals surface area (Å²) >= 11 is 2.14. The molecule has 0 aromatic heterocycles. The first-order chi connectivity index (χ1) is 8.12. The van der Waals surface area contributed by atoms with Gasteiger partial charge in [-0.15, -0.1) is 0 Å². The largest absolute Gasteiger partial charge is 0.591 e. The zero-order valence-electron chi connectivity index (χ0n) is 11.4. The summed E-state index contributed by atoms with van der Waals surface area (Å²) in [4.78, 5) is 0. The predicted molar refractivity (Wildman–Crippen MR) is 83.4 cm³/mol. The molecule has 18 heavy (non-hydrogen) atoms. The highest BCUT2D eigenvalue weighted by atomic mass is 79.9. The number of benzene rings is 1. The third-order valence-corrected chi connectivity index (χ3v) is 4.55. The number of nitrogen functional groups attached to an aromatic ring is 1. The molecule has 1 aromatic rings. The van der Waals surface area contributed by atoms with E-state index in [0.717, 1.165) is 15.6 Å². The quantitative estimate of drug-likeness (QED) is 0.511. The Balaban J connectivity index is 3.19. The normalized spacial score (nSPS) is 14.7. The van der Waals surface area contributed by atoms with Crippen molar-refractivity contribution < 1.29 is 4.55 Å². The molecule has 0 fully saturated rings. The molecule has 0 saturated heterocycles. The summed E-state index contributed by atoms with van der Waals surface area (Å²) in [6.07, 6.45) is 0. The van der Waals surface area contributed by atoms with Crippen LogP contribution >= 0.6 is 15.9 Å². The van der Waals surface area contributed by atoms with Crippen molar-refractivity contribution in [3.05, 3.63) is 27.7 Å². The van der Waals surface area contributed by atoms with Crippen molar-refractivity contribution in [2.45, 2.75) is 39.4 Å². The number of nitrogens with two attached hydrogens (primary N) is 1. The lowest BCUT2D eigenvalue weighted by molar-refractivity contribution is 0.561. The van der Waals surface area contributed by atoms with E-state index in [4.69, 9.17) is 5.73 Å². The van der Waals surface area contributed by atoms with Gasteiger partial charge in [0.05, 0.1) is 11.4 Å². The maximum atomic E-state index is 12.0. The molecule has 0 aliphatic rings. The van der Waals surface area contributed by atoms with Gasteiger partial charge in [-0.05, 0) is 68.2 Å². The first-order valence-corrected chi connectivity index (χ1v) is 7.56. The highest BCUT2D eigenvalue weighted by Crippen LogP contribution is 2.27. The van der Waals surface area contributed by atoms with Gasteiger partial charge in [0.1, 0.15) is 16.1 Å². The van der Waals surface area contributed by atoms with Gasteiger partial charge in [-0.25, -0.2) is 0 Å². The first-order valence-electron chi connectivity index (χ1n) is 5.66. The van der Waals surface area contributed by atoms with Crippen molar-refractivity contribution in [2.24, 2.45) is 4.40 Å². The molecule has 0 aliphatic carbocycles. The molecule has 100 valence electrons. The second kappa shape index (κ2) is 5.63. The zero-order chi connectivity index (χ0) is 14.1. The Morgan fingerprint density at radius 2 is 1.94 bits per heavy atom. The molecule has 1 unspecified atom stereocenters. The van der Waals surface area contributed by atoms with Crippen LogP contribution in [-0.2, 0) is 11.4 Å². The van der Waals surface area contributed by atoms with Crippen molar-refractivity contribution in [2.75, 3.05) is 5.73 Å². The monoisotopic (exact) mass is 330 g/mol. The second-order valence-electron chi connectivity index (χ2n) is 5.25. The van der Waals surface area contributed by atoms with E-state index < -0.39 is 11.4 Å². The van der Waals surface area contributed by atoms with Crippen LogP contribution < -0.4 is 5.73 Å². The van der Waals surface area contributed by atoms with Gasteiger partial charge in [0.15, 0.2) is 0 Å². The standard InChI is InChI=1S/C13H19BrN2OS/c1-8-6-10(12(15)11(14)7-8)9(2)16-18(17)13(3,4)5/h6-7H,15H2,1-5H3. The van der Waals surface area contributed by atoms with Gasteiger partial charge in [-0.2, -0.15) is 0 Å². The Morgan fingerprint density at radius 3 is 2.44 bits per heavy atom. The Morgan fingerprint density at radius 1 is 1.39 bits per heavy atom. The van der Waals surface area contributed by atoms with Crippen LogP contribution in [0.4, 0.5) is 5.69 Å². The third kappa shape index (κ3) is 3.73. The summed E-state index contributed by atoms with van der Waals surface area (Å²) in [5.74, 6) is 0. The number of hydrogen-bond donors (Lipinski definition) is 1. The summed E-state index contributed by atoms with van der Waals surface area (Å²) in [7, 11) is 0. The lowest BCUT2D eigenvalue weighted by Gasteiger charge is -2.19. The fourth-order valence-corrected chi connectivity index (χ4v) is 2.56. The average molecular weight is 331 g/mol. The van der Waals surface area contributed by atoms with E-state index in [1.165, 1.54) is 0 Å². The molecule has 3 nitrogen and oxygen atoms in total. The van der Waals surface area contributed by atoms with Crippen LogP contribution in [0.5, 0.6) is 0 Å². The van der Waals surface area contributed by atoms with Gasteiger partial charge in [0.2, 0.25) is 0 Å². The van der Waals surface area contributed by atoms with E-state index in [0.29, 0.717) is 11.4 Å². The number of nitrogens with zero attached hydrogens (tertiary/aromatic N) is 1. The van der Waals surface area contributed by atoms with E-state index in [1.807, 2.05) is 46.8 Å². The minimum Gasteiger partial charge on any atom is -0.591 e. The molecule has 1 aromatic carbocycles. The van der Waals surface area contributed by atoms with Crippen molar-refractivity contribution in [3.8, 4) is 0 Å². The summed E-state index contributed by atoms with van der Waals surface area (Å²) < 4.78 is 16.7. The van der Waals surface area contributed by atoms with Crippen molar-refractivity contribution in [3.63, 3.8) is 0 Å². The molecule has 0 radical (unpaired) electrons. The van der Waals surface area contributed by atoms with Crippen LogP contribution in [0.15, 0.2) is 21.0 Å². The van der Waals surface area contributed by atoms with E-state index >= 15 is 0 Å². The summed E-state index contributed by atoms with van der Waals surface area (Å²) in [6.45, 7) is 9.52. The van der Waals surface area contributed by atoms with Gasteiger partial charge in [-0.1, -0.05) is 4.40 Å². The maximum absolute atomic E-state index is 12.0. The molecule has 0 heterocycles. The highest BCUT2D eigenvalue weighted by molar-refractivity contribution is 9.10. The van der Waals surface area contributed by atoms with E-state index in [-0.39, 0.29) is 4.75 Å². The average Bonchev–Trinajstić information content (AvgIpc) is 2.21. The van der Waals surface area contributed by atoms with Crippen LogP contribution in [0, 0.1) is 6.92 Å². The number of anilines is 1. The minimum atomic E-state index is -1.27. The fraction of sp³-hybridized carbons (Fsp3) is 0.462. The molecule has 5 heteroatoms. The van der Waals surface area contributed by atoms with Crippen LogP contribution in [0.1, 0.15) is 38.8 Å². The second-order valence-corrected chi connectivity index (χ2v) is 8.01. The topological polar surface area (TPSA) is 61.4 Å². The van der Waals surface area contributed by atoms with Crippen LogP contribution in [0.3, 0.4) is 0 Å². The highest BCUT2D eigenvalue weighted by Gasteiger charge is 2.27. The van der Waals surface area contributed by atoms with E-state index in [1.54, 1.807) is 0 Å². The number of halogens is 1. The van der Waals surface area contributed by atoms with Gasteiger partial charge in [0, 0.05) is 10.0 Å². The van der Waals surface area contributed by atoms with Gasteiger partial charge in [-0.3, -0.25) is 0 Å². The van der Waals surface area contributed by atoms with E-state index in [2.05, 4.69) is 20.3 Å². The van der Waals surface area contributed by atoms with Gasteiger partial charge < -0.3 is 10.3 Å². The maximum Gasteiger partial charge on any atom is 0.144 e. The molecule has 0 amide bonds. The Kier molecular flexibility index (Phi) is 4.86. The Hall–Kier alpha value is -0.520. The zero-order valence-corrected chi connectivity index (χ0v) is 13.8. The lowest BCUT2D eigenvalue weighted by atomic mass is 10.1. The Bertz CT molecular complexity index is 481. The summed E-state index contributed by atoms with van der Waals surface area (Å²) in [5.41, 5.74) is 9.26. The fourth-order valence-electron chi connectivity index (χ4n) is 1.36. The third-order valence-electron chi connectivity index (χ3n) is 2.41. The molecule has 1 rings (SSSR count). The smallest absolute Gasteiger partial charge is 0.144 e. The summed E-state index contributed by atoms with van der Waals surface area (Å²) in [5, 5.41) is 0. The van der Waals surface area contributed by atoms with Gasteiger partial charge in [0.25, 0.3) is 0 Å². The van der Waals surface area contributed by atoms with Crippen molar-refractivity contribution >= 4 is 38.7 Å².